The van der Waals surface area contributed by atoms with Crippen LogP contribution in [0.15, 0.2) is 0 Å². The Kier molecular flexibility index (Phi) is 7.06. The minimum absolute atomic E-state index is 0.325. The van der Waals surface area contributed by atoms with Gasteiger partial charge in [0.05, 0.1) is 0 Å². The smallest absolute Gasteiger partial charge is 0.0434 e. The average Bonchev–Trinajstić information content (AvgIpc) is 2.51. The van der Waals surface area contributed by atoms with Crippen molar-refractivity contribution in [1.29, 1.82) is 0 Å². The van der Waals surface area contributed by atoms with Gasteiger partial charge in [-0.1, -0.05) is 33.1 Å². The van der Waals surface area contributed by atoms with Crippen LogP contribution >= 0.6 is 0 Å². The van der Waals surface area contributed by atoms with E-state index in [1.54, 1.807) is 0 Å². The fraction of sp³-hybridized carbons (Fsp3) is 1.00. The van der Waals surface area contributed by atoms with Crippen LogP contribution in [0.25, 0.3) is 0 Å². The topological polar surface area (TPSA) is 32.3 Å². The van der Waals surface area contributed by atoms with Crippen molar-refractivity contribution in [1.82, 2.24) is 5.32 Å². The summed E-state index contributed by atoms with van der Waals surface area (Å²) in [5.41, 5.74) is 0. The Bertz CT molecular complexity index is 172. The van der Waals surface area contributed by atoms with Crippen molar-refractivity contribution in [2.24, 2.45) is 11.8 Å². The van der Waals surface area contributed by atoms with Gasteiger partial charge in [0.1, 0.15) is 0 Å². The van der Waals surface area contributed by atoms with Crippen LogP contribution in [0.4, 0.5) is 0 Å². The van der Waals surface area contributed by atoms with Crippen LogP contribution in [0.2, 0.25) is 0 Å². The molecule has 1 rings (SSSR count). The Labute approximate surface area is 101 Å². The zero-order valence-corrected chi connectivity index (χ0v) is 11.0. The molecule has 0 spiro atoms. The highest BCUT2D eigenvalue weighted by Gasteiger charge is 2.17. The first-order valence-corrected chi connectivity index (χ1v) is 7.10. The molecule has 1 aliphatic rings. The molecule has 0 heterocycles. The van der Waals surface area contributed by atoms with E-state index in [1.807, 2.05) is 0 Å². The first-order valence-electron chi connectivity index (χ1n) is 7.10. The molecule has 0 bridgehead atoms. The molecular weight excluding hydrogens is 198 g/mol. The van der Waals surface area contributed by atoms with E-state index in [4.69, 9.17) is 5.11 Å². The Morgan fingerprint density at radius 2 is 2.06 bits per heavy atom. The predicted molar refractivity (Wildman–Crippen MR) is 69.5 cm³/mol. The monoisotopic (exact) mass is 227 g/mol. The average molecular weight is 227 g/mol. The number of aliphatic hydroxyl groups excluding tert-OH is 1. The normalized spacial score (nSPS) is 28.7. The molecule has 2 heteroatoms. The second-order valence-corrected chi connectivity index (χ2v) is 5.51. The Morgan fingerprint density at radius 3 is 2.75 bits per heavy atom. The van der Waals surface area contributed by atoms with Crippen molar-refractivity contribution in [3.63, 3.8) is 0 Å². The van der Waals surface area contributed by atoms with Gasteiger partial charge in [-0.05, 0) is 44.1 Å². The van der Waals surface area contributed by atoms with Crippen LogP contribution < -0.4 is 5.32 Å². The van der Waals surface area contributed by atoms with Crippen LogP contribution in [-0.2, 0) is 0 Å². The minimum atomic E-state index is 0.325. The van der Waals surface area contributed by atoms with Crippen molar-refractivity contribution >= 4 is 0 Å². The lowest BCUT2D eigenvalue weighted by atomic mass is 9.98. The molecule has 0 saturated heterocycles. The Balaban J connectivity index is 2.17. The highest BCUT2D eigenvalue weighted by Crippen LogP contribution is 2.25. The van der Waals surface area contributed by atoms with E-state index in [0.29, 0.717) is 12.5 Å². The van der Waals surface area contributed by atoms with Gasteiger partial charge in [-0.15, -0.1) is 0 Å². The molecule has 0 aromatic carbocycles. The Hall–Kier alpha value is -0.0800. The molecule has 96 valence electrons. The van der Waals surface area contributed by atoms with E-state index in [9.17, 15) is 0 Å². The van der Waals surface area contributed by atoms with E-state index < -0.39 is 0 Å². The molecule has 1 saturated carbocycles. The summed E-state index contributed by atoms with van der Waals surface area (Å²) in [4.78, 5) is 0. The van der Waals surface area contributed by atoms with Gasteiger partial charge in [0, 0.05) is 12.6 Å². The molecule has 16 heavy (non-hydrogen) atoms. The highest BCUT2D eigenvalue weighted by atomic mass is 16.3. The van der Waals surface area contributed by atoms with E-state index in [1.165, 1.54) is 38.5 Å². The molecule has 0 aromatic heterocycles. The standard InChI is InChI=1S/C14H29NO/c1-3-13-5-4-6-14(8-7-13)15-11-12(2)9-10-16/h12-16H,3-11H2,1-2H3. The van der Waals surface area contributed by atoms with Gasteiger partial charge in [-0.3, -0.25) is 0 Å². The number of aliphatic hydroxyl groups is 1. The lowest BCUT2D eigenvalue weighted by Crippen LogP contribution is -2.32. The second-order valence-electron chi connectivity index (χ2n) is 5.51. The number of hydrogen-bond donors (Lipinski definition) is 2. The fourth-order valence-corrected chi connectivity index (χ4v) is 2.68. The van der Waals surface area contributed by atoms with Gasteiger partial charge in [0.2, 0.25) is 0 Å². The maximum atomic E-state index is 8.86. The SMILES string of the molecule is CCC1CCCC(NCC(C)CCO)CC1. The summed E-state index contributed by atoms with van der Waals surface area (Å²) in [7, 11) is 0. The molecule has 2 N–H and O–H groups in total. The van der Waals surface area contributed by atoms with Crippen LogP contribution in [0.5, 0.6) is 0 Å². The lowest BCUT2D eigenvalue weighted by Gasteiger charge is -2.19. The molecular formula is C14H29NO. The van der Waals surface area contributed by atoms with Crippen molar-refractivity contribution in [3.8, 4) is 0 Å². The highest BCUT2D eigenvalue weighted by molar-refractivity contribution is 4.75. The minimum Gasteiger partial charge on any atom is -0.396 e. The predicted octanol–water partition coefficient (Wildman–Crippen LogP) is 2.95. The van der Waals surface area contributed by atoms with Crippen molar-refractivity contribution in [2.45, 2.75) is 64.8 Å². The zero-order chi connectivity index (χ0) is 11.8. The molecule has 0 radical (unpaired) electrons. The number of hydrogen-bond acceptors (Lipinski definition) is 2. The molecule has 2 nitrogen and oxygen atoms in total. The Morgan fingerprint density at radius 1 is 1.25 bits per heavy atom. The van der Waals surface area contributed by atoms with Crippen LogP contribution in [0.1, 0.15) is 58.8 Å². The fourth-order valence-electron chi connectivity index (χ4n) is 2.68. The van der Waals surface area contributed by atoms with Gasteiger partial charge < -0.3 is 10.4 Å². The van der Waals surface area contributed by atoms with Crippen LogP contribution in [-0.4, -0.2) is 24.3 Å². The number of nitrogens with one attached hydrogen (secondary N) is 1. The van der Waals surface area contributed by atoms with Gasteiger partial charge >= 0.3 is 0 Å². The summed E-state index contributed by atoms with van der Waals surface area (Å²) in [6.45, 7) is 5.93. The molecule has 0 amide bonds. The third kappa shape index (κ3) is 5.31. The molecule has 1 fully saturated rings. The van der Waals surface area contributed by atoms with Gasteiger partial charge in [0.25, 0.3) is 0 Å². The maximum Gasteiger partial charge on any atom is 0.0434 e. The van der Waals surface area contributed by atoms with Crippen LogP contribution in [0, 0.1) is 11.8 Å². The molecule has 0 aromatic rings. The van der Waals surface area contributed by atoms with E-state index in [2.05, 4.69) is 19.2 Å². The summed E-state index contributed by atoms with van der Waals surface area (Å²) in [5, 5.41) is 12.5. The quantitative estimate of drug-likeness (QED) is 0.684. The third-order valence-corrected chi connectivity index (χ3v) is 4.04. The molecule has 0 aliphatic heterocycles. The third-order valence-electron chi connectivity index (χ3n) is 4.04. The largest absolute Gasteiger partial charge is 0.396 e. The van der Waals surface area contributed by atoms with Crippen molar-refractivity contribution in [3.05, 3.63) is 0 Å². The van der Waals surface area contributed by atoms with Gasteiger partial charge in [-0.25, -0.2) is 0 Å². The van der Waals surface area contributed by atoms with Crippen molar-refractivity contribution in [2.75, 3.05) is 13.2 Å². The van der Waals surface area contributed by atoms with Gasteiger partial charge in [-0.2, -0.15) is 0 Å². The number of rotatable bonds is 6. The van der Waals surface area contributed by atoms with E-state index in [-0.39, 0.29) is 0 Å². The summed E-state index contributed by atoms with van der Waals surface area (Å²) in [6, 6.07) is 0.734. The molecule has 3 atom stereocenters. The first-order chi connectivity index (χ1) is 7.76. The zero-order valence-electron chi connectivity index (χ0n) is 11.0. The van der Waals surface area contributed by atoms with E-state index >= 15 is 0 Å². The first kappa shape index (κ1) is 14.0. The summed E-state index contributed by atoms with van der Waals surface area (Å²) >= 11 is 0. The summed E-state index contributed by atoms with van der Waals surface area (Å²) in [5.74, 6) is 1.58. The molecule has 1 aliphatic carbocycles. The summed E-state index contributed by atoms with van der Waals surface area (Å²) in [6.07, 6.45) is 9.21. The van der Waals surface area contributed by atoms with Crippen LogP contribution in [0.3, 0.4) is 0 Å². The van der Waals surface area contributed by atoms with Crippen molar-refractivity contribution < 1.29 is 5.11 Å². The summed E-state index contributed by atoms with van der Waals surface area (Å²) < 4.78 is 0. The lowest BCUT2D eigenvalue weighted by molar-refractivity contribution is 0.256. The van der Waals surface area contributed by atoms with Gasteiger partial charge in [0.15, 0.2) is 0 Å². The second kappa shape index (κ2) is 8.08. The maximum absolute atomic E-state index is 8.86. The molecule has 3 unspecified atom stereocenters. The van der Waals surface area contributed by atoms with E-state index in [0.717, 1.165) is 24.9 Å².